The largest absolute Gasteiger partial charge is 0.103 e. The third kappa shape index (κ3) is 1.17. The number of allylic oxidation sites excluding steroid dienone is 1. The molecule has 0 aromatic rings. The summed E-state index contributed by atoms with van der Waals surface area (Å²) >= 11 is 0. The third-order valence-corrected chi connectivity index (χ3v) is 6.61. The molecule has 0 saturated heterocycles. The Kier molecular flexibility index (Phi) is 2.05. The van der Waals surface area contributed by atoms with E-state index in [2.05, 4.69) is 12.7 Å². The molecule has 0 nitrogen and oxygen atoms in total. The van der Waals surface area contributed by atoms with Crippen LogP contribution in [0.3, 0.4) is 0 Å². The van der Waals surface area contributed by atoms with Gasteiger partial charge >= 0.3 is 0 Å². The summed E-state index contributed by atoms with van der Waals surface area (Å²) in [5.74, 6) is 7.45. The first-order chi connectivity index (χ1) is 7.86. The van der Waals surface area contributed by atoms with Crippen molar-refractivity contribution < 1.29 is 0 Å². The van der Waals surface area contributed by atoms with Gasteiger partial charge in [0.1, 0.15) is 0 Å². The molecule has 0 heterocycles. The summed E-state index contributed by atoms with van der Waals surface area (Å²) in [5, 5.41) is 0. The molecule has 0 aliphatic heterocycles. The van der Waals surface area contributed by atoms with Crippen LogP contribution in [0.5, 0.6) is 0 Å². The second kappa shape index (κ2) is 3.37. The summed E-state index contributed by atoms with van der Waals surface area (Å²) in [4.78, 5) is 0. The van der Waals surface area contributed by atoms with Crippen molar-refractivity contribution in [1.82, 2.24) is 0 Å². The van der Waals surface area contributed by atoms with Gasteiger partial charge in [0.15, 0.2) is 0 Å². The van der Waals surface area contributed by atoms with Gasteiger partial charge in [0.2, 0.25) is 0 Å². The van der Waals surface area contributed by atoms with E-state index in [9.17, 15) is 0 Å². The SMILES string of the molecule is C=CC1C2CCC(C2)C1C1CC2CCC1C2. The van der Waals surface area contributed by atoms with E-state index in [1.165, 1.54) is 6.42 Å². The Bertz CT molecular complexity index is 305. The van der Waals surface area contributed by atoms with Crippen LogP contribution < -0.4 is 0 Å². The van der Waals surface area contributed by atoms with Gasteiger partial charge in [0, 0.05) is 0 Å². The fourth-order valence-electron chi connectivity index (χ4n) is 6.13. The normalized spacial score (nSPS) is 58.4. The highest BCUT2D eigenvalue weighted by Gasteiger charge is 2.53. The fraction of sp³-hybridized carbons (Fsp3) is 0.875. The van der Waals surface area contributed by atoms with Gasteiger partial charge in [0.05, 0.1) is 0 Å². The van der Waals surface area contributed by atoms with Crippen LogP contribution in [0.2, 0.25) is 0 Å². The molecule has 4 bridgehead atoms. The Morgan fingerprint density at radius 3 is 2.31 bits per heavy atom. The molecule has 7 atom stereocenters. The first-order valence-corrected chi connectivity index (χ1v) is 7.49. The molecular weight excluding hydrogens is 192 g/mol. The zero-order valence-corrected chi connectivity index (χ0v) is 10.3. The molecule has 4 saturated carbocycles. The quantitative estimate of drug-likeness (QED) is 0.605. The minimum atomic E-state index is 0.906. The highest BCUT2D eigenvalue weighted by molar-refractivity contribution is 5.07. The molecule has 0 amide bonds. The Labute approximate surface area is 99.5 Å². The van der Waals surface area contributed by atoms with E-state index in [4.69, 9.17) is 0 Å². The summed E-state index contributed by atoms with van der Waals surface area (Å²) in [5.41, 5.74) is 0. The van der Waals surface area contributed by atoms with Crippen molar-refractivity contribution in [2.45, 2.75) is 44.9 Å². The Morgan fingerprint density at radius 1 is 0.812 bits per heavy atom. The molecule has 0 spiro atoms. The maximum Gasteiger partial charge on any atom is -0.0174 e. The lowest BCUT2D eigenvalue weighted by Crippen LogP contribution is -2.31. The van der Waals surface area contributed by atoms with Gasteiger partial charge in [-0.25, -0.2) is 0 Å². The minimum absolute atomic E-state index is 0.906. The van der Waals surface area contributed by atoms with Crippen LogP contribution in [0.4, 0.5) is 0 Å². The first kappa shape index (κ1) is 9.74. The molecule has 0 radical (unpaired) electrons. The van der Waals surface area contributed by atoms with E-state index >= 15 is 0 Å². The van der Waals surface area contributed by atoms with Gasteiger partial charge in [-0.2, -0.15) is 0 Å². The molecular formula is C16H24. The number of fused-ring (bicyclic) bond motifs is 4. The molecule has 7 unspecified atom stereocenters. The Hall–Kier alpha value is -0.260. The van der Waals surface area contributed by atoms with E-state index in [-0.39, 0.29) is 0 Å². The predicted molar refractivity (Wildman–Crippen MR) is 66.9 cm³/mol. The van der Waals surface area contributed by atoms with E-state index in [1.807, 2.05) is 0 Å². The van der Waals surface area contributed by atoms with Gasteiger partial charge in [-0.1, -0.05) is 12.5 Å². The van der Waals surface area contributed by atoms with E-state index in [0.717, 1.165) is 41.4 Å². The van der Waals surface area contributed by atoms with Gasteiger partial charge < -0.3 is 0 Å². The highest BCUT2D eigenvalue weighted by Crippen LogP contribution is 2.62. The zero-order valence-electron chi connectivity index (χ0n) is 10.3. The van der Waals surface area contributed by atoms with Crippen LogP contribution >= 0.6 is 0 Å². The second-order valence-corrected chi connectivity index (χ2v) is 7.06. The summed E-state index contributed by atoms with van der Waals surface area (Å²) in [6.45, 7) is 4.15. The third-order valence-electron chi connectivity index (χ3n) is 6.61. The average Bonchev–Trinajstić information content (AvgIpc) is 3.05. The smallest absolute Gasteiger partial charge is 0.0174 e. The summed E-state index contributed by atoms with van der Waals surface area (Å²) < 4.78 is 0. The molecule has 0 heteroatoms. The van der Waals surface area contributed by atoms with Crippen molar-refractivity contribution in [3.8, 4) is 0 Å². The van der Waals surface area contributed by atoms with Crippen molar-refractivity contribution in [2.75, 3.05) is 0 Å². The Balaban J connectivity index is 1.60. The van der Waals surface area contributed by atoms with Crippen molar-refractivity contribution in [3.05, 3.63) is 12.7 Å². The maximum absolute atomic E-state index is 4.15. The second-order valence-electron chi connectivity index (χ2n) is 7.06. The number of hydrogen-bond acceptors (Lipinski definition) is 0. The summed E-state index contributed by atoms with van der Waals surface area (Å²) in [6, 6.07) is 0. The van der Waals surface area contributed by atoms with E-state index in [1.54, 1.807) is 38.5 Å². The lowest BCUT2D eigenvalue weighted by Gasteiger charge is -2.37. The molecule has 4 fully saturated rings. The van der Waals surface area contributed by atoms with E-state index < -0.39 is 0 Å². The van der Waals surface area contributed by atoms with Crippen LogP contribution in [-0.4, -0.2) is 0 Å². The van der Waals surface area contributed by atoms with Crippen molar-refractivity contribution in [1.29, 1.82) is 0 Å². The Morgan fingerprint density at radius 2 is 1.62 bits per heavy atom. The fourth-order valence-corrected chi connectivity index (χ4v) is 6.13. The average molecular weight is 216 g/mol. The maximum atomic E-state index is 4.15. The zero-order chi connectivity index (χ0) is 10.7. The highest BCUT2D eigenvalue weighted by atomic mass is 14.6. The van der Waals surface area contributed by atoms with E-state index in [0.29, 0.717) is 0 Å². The van der Waals surface area contributed by atoms with Gasteiger partial charge in [0.25, 0.3) is 0 Å². The lowest BCUT2D eigenvalue weighted by atomic mass is 9.67. The summed E-state index contributed by atoms with van der Waals surface area (Å²) in [7, 11) is 0. The van der Waals surface area contributed by atoms with Crippen molar-refractivity contribution in [2.24, 2.45) is 41.4 Å². The predicted octanol–water partition coefficient (Wildman–Crippen LogP) is 4.27. The monoisotopic (exact) mass is 216 g/mol. The van der Waals surface area contributed by atoms with Gasteiger partial charge in [-0.05, 0) is 80.0 Å². The molecule has 16 heavy (non-hydrogen) atoms. The van der Waals surface area contributed by atoms with Crippen LogP contribution in [0.25, 0.3) is 0 Å². The van der Waals surface area contributed by atoms with Gasteiger partial charge in [-0.15, -0.1) is 6.58 Å². The molecule has 4 aliphatic rings. The van der Waals surface area contributed by atoms with Crippen LogP contribution in [0.1, 0.15) is 44.9 Å². The molecule has 0 N–H and O–H groups in total. The molecule has 0 aromatic carbocycles. The van der Waals surface area contributed by atoms with Crippen LogP contribution in [-0.2, 0) is 0 Å². The molecule has 0 aromatic heterocycles. The first-order valence-electron chi connectivity index (χ1n) is 7.49. The standard InChI is InChI=1S/C16H24/c1-2-14-12-5-6-13(9-12)16(14)15-8-10-3-4-11(15)7-10/h2,10-16H,1,3-9H2. The molecule has 4 rings (SSSR count). The van der Waals surface area contributed by atoms with Crippen LogP contribution in [0.15, 0.2) is 12.7 Å². The minimum Gasteiger partial charge on any atom is -0.103 e. The molecule has 4 aliphatic carbocycles. The van der Waals surface area contributed by atoms with Gasteiger partial charge in [-0.3, -0.25) is 0 Å². The number of hydrogen-bond donors (Lipinski definition) is 0. The van der Waals surface area contributed by atoms with Crippen molar-refractivity contribution in [3.63, 3.8) is 0 Å². The lowest BCUT2D eigenvalue weighted by molar-refractivity contribution is 0.129. The number of rotatable bonds is 2. The van der Waals surface area contributed by atoms with Crippen molar-refractivity contribution >= 4 is 0 Å². The molecule has 88 valence electrons. The topological polar surface area (TPSA) is 0 Å². The van der Waals surface area contributed by atoms with Crippen LogP contribution in [0, 0.1) is 41.4 Å². The summed E-state index contributed by atoms with van der Waals surface area (Å²) in [6.07, 6.45) is 13.2.